The zero-order valence-electron chi connectivity index (χ0n) is 17.1. The van der Waals surface area contributed by atoms with Crippen LogP contribution in [0.2, 0.25) is 0 Å². The summed E-state index contributed by atoms with van der Waals surface area (Å²) in [6, 6.07) is -0.00673. The van der Waals surface area contributed by atoms with Gasteiger partial charge in [0.1, 0.15) is 0 Å². The van der Waals surface area contributed by atoms with Crippen LogP contribution >= 0.6 is 0 Å². The molecular weight excluding hydrogens is 340 g/mol. The Morgan fingerprint density at radius 1 is 0.926 bits per heavy atom. The highest BCUT2D eigenvalue weighted by atomic mass is 16.2. The van der Waals surface area contributed by atoms with Crippen LogP contribution < -0.4 is 5.32 Å². The van der Waals surface area contributed by atoms with Gasteiger partial charge in [-0.2, -0.15) is 0 Å². The second kappa shape index (κ2) is 10.4. The molecule has 0 aromatic carbocycles. The molecule has 1 saturated carbocycles. The predicted octanol–water partition coefficient (Wildman–Crippen LogP) is 1.70. The molecule has 6 nitrogen and oxygen atoms in total. The molecule has 3 aliphatic rings. The van der Waals surface area contributed by atoms with Crippen LogP contribution in [0.5, 0.6) is 0 Å². The molecule has 1 aliphatic carbocycles. The van der Waals surface area contributed by atoms with Gasteiger partial charge in [0.05, 0.1) is 6.04 Å². The second-order valence-corrected chi connectivity index (χ2v) is 8.45. The Morgan fingerprint density at radius 3 is 2.22 bits per heavy atom. The van der Waals surface area contributed by atoms with Crippen molar-refractivity contribution in [2.75, 3.05) is 52.4 Å². The molecular formula is C21H38N4O2. The molecule has 3 rings (SSSR count). The highest BCUT2D eigenvalue weighted by Crippen LogP contribution is 2.31. The van der Waals surface area contributed by atoms with E-state index in [-0.39, 0.29) is 17.9 Å². The third kappa shape index (κ3) is 5.67. The van der Waals surface area contributed by atoms with E-state index in [1.165, 1.54) is 45.2 Å². The number of likely N-dealkylation sites (tertiary alicyclic amines) is 1. The Labute approximate surface area is 164 Å². The second-order valence-electron chi connectivity index (χ2n) is 8.45. The summed E-state index contributed by atoms with van der Waals surface area (Å²) in [5, 5.41) is 3.25. The SMILES string of the molecule is CCC(=O)N1CCN([C@@H](C(=O)NCCN2CCCCC2)C2CCCC2)CC1. The molecule has 1 atom stereocenters. The summed E-state index contributed by atoms with van der Waals surface area (Å²) in [5.41, 5.74) is 0. The van der Waals surface area contributed by atoms with Crippen molar-refractivity contribution in [3.05, 3.63) is 0 Å². The van der Waals surface area contributed by atoms with Crippen molar-refractivity contribution < 1.29 is 9.59 Å². The summed E-state index contributed by atoms with van der Waals surface area (Å²) in [6.45, 7) is 9.18. The summed E-state index contributed by atoms with van der Waals surface area (Å²) >= 11 is 0. The molecule has 1 N–H and O–H groups in total. The van der Waals surface area contributed by atoms with Crippen molar-refractivity contribution in [1.29, 1.82) is 0 Å². The summed E-state index contributed by atoms with van der Waals surface area (Å²) in [5.74, 6) is 0.931. The lowest BCUT2D eigenvalue weighted by Crippen LogP contribution is -2.58. The van der Waals surface area contributed by atoms with E-state index in [9.17, 15) is 9.59 Å². The average molecular weight is 379 g/mol. The van der Waals surface area contributed by atoms with Gasteiger partial charge in [0.25, 0.3) is 0 Å². The lowest BCUT2D eigenvalue weighted by atomic mass is 9.95. The number of piperidine rings is 1. The van der Waals surface area contributed by atoms with Crippen LogP contribution in [0.1, 0.15) is 58.3 Å². The highest BCUT2D eigenvalue weighted by molar-refractivity contribution is 5.82. The van der Waals surface area contributed by atoms with Crippen LogP contribution in [0.25, 0.3) is 0 Å². The molecule has 6 heteroatoms. The first kappa shape index (κ1) is 20.6. The molecule has 0 radical (unpaired) electrons. The zero-order valence-corrected chi connectivity index (χ0v) is 17.1. The minimum absolute atomic E-state index is 0.00673. The Balaban J connectivity index is 1.51. The lowest BCUT2D eigenvalue weighted by molar-refractivity contribution is -0.135. The van der Waals surface area contributed by atoms with Crippen molar-refractivity contribution in [1.82, 2.24) is 20.0 Å². The summed E-state index contributed by atoms with van der Waals surface area (Å²) < 4.78 is 0. The van der Waals surface area contributed by atoms with Gasteiger partial charge in [0, 0.05) is 45.7 Å². The lowest BCUT2D eigenvalue weighted by Gasteiger charge is -2.40. The number of piperazine rings is 1. The minimum Gasteiger partial charge on any atom is -0.353 e. The first-order valence-electron chi connectivity index (χ1n) is 11.2. The van der Waals surface area contributed by atoms with E-state index in [0.717, 1.165) is 52.1 Å². The Hall–Kier alpha value is -1.14. The van der Waals surface area contributed by atoms with Crippen LogP contribution in [0.3, 0.4) is 0 Å². The van der Waals surface area contributed by atoms with Crippen molar-refractivity contribution in [2.24, 2.45) is 5.92 Å². The van der Waals surface area contributed by atoms with Crippen LogP contribution in [0.15, 0.2) is 0 Å². The van der Waals surface area contributed by atoms with Crippen molar-refractivity contribution in [3.63, 3.8) is 0 Å². The van der Waals surface area contributed by atoms with Crippen LogP contribution in [0.4, 0.5) is 0 Å². The average Bonchev–Trinajstić information content (AvgIpc) is 3.23. The van der Waals surface area contributed by atoms with Gasteiger partial charge in [-0.25, -0.2) is 0 Å². The zero-order chi connectivity index (χ0) is 19.1. The quantitative estimate of drug-likeness (QED) is 0.733. The summed E-state index contributed by atoms with van der Waals surface area (Å²) in [7, 11) is 0. The van der Waals surface area contributed by atoms with Gasteiger partial charge in [0.2, 0.25) is 11.8 Å². The van der Waals surface area contributed by atoms with Crippen molar-refractivity contribution >= 4 is 11.8 Å². The van der Waals surface area contributed by atoms with Crippen LogP contribution in [-0.2, 0) is 9.59 Å². The Morgan fingerprint density at radius 2 is 1.59 bits per heavy atom. The maximum atomic E-state index is 13.1. The van der Waals surface area contributed by atoms with Gasteiger partial charge in [-0.05, 0) is 44.7 Å². The molecule has 2 heterocycles. The highest BCUT2D eigenvalue weighted by Gasteiger charge is 2.37. The fourth-order valence-corrected chi connectivity index (χ4v) is 5.05. The third-order valence-electron chi connectivity index (χ3n) is 6.65. The van der Waals surface area contributed by atoms with E-state index in [4.69, 9.17) is 0 Å². The normalized spacial score (nSPS) is 24.1. The first-order valence-corrected chi connectivity index (χ1v) is 11.2. The maximum Gasteiger partial charge on any atom is 0.237 e. The minimum atomic E-state index is -0.00673. The number of rotatable bonds is 7. The predicted molar refractivity (Wildman–Crippen MR) is 107 cm³/mol. The number of carbonyl (C=O) groups excluding carboxylic acids is 2. The molecule has 0 aromatic rings. The topological polar surface area (TPSA) is 55.9 Å². The van der Waals surface area contributed by atoms with Gasteiger partial charge in [-0.15, -0.1) is 0 Å². The number of hydrogen-bond donors (Lipinski definition) is 1. The molecule has 0 bridgehead atoms. The van der Waals surface area contributed by atoms with E-state index in [1.54, 1.807) is 0 Å². The van der Waals surface area contributed by atoms with Crippen molar-refractivity contribution in [3.8, 4) is 0 Å². The van der Waals surface area contributed by atoms with E-state index < -0.39 is 0 Å². The van der Waals surface area contributed by atoms with Gasteiger partial charge < -0.3 is 15.1 Å². The van der Waals surface area contributed by atoms with Gasteiger partial charge in [-0.1, -0.05) is 26.2 Å². The molecule has 2 amide bonds. The summed E-state index contributed by atoms with van der Waals surface area (Å²) in [6.07, 6.45) is 9.32. The van der Waals surface area contributed by atoms with E-state index in [2.05, 4.69) is 15.1 Å². The molecule has 3 fully saturated rings. The first-order chi connectivity index (χ1) is 13.2. The molecule has 2 saturated heterocycles. The molecule has 27 heavy (non-hydrogen) atoms. The monoisotopic (exact) mass is 378 g/mol. The number of nitrogens with zero attached hydrogens (tertiary/aromatic N) is 3. The smallest absolute Gasteiger partial charge is 0.237 e. The number of amides is 2. The Bertz CT molecular complexity index is 479. The molecule has 2 aliphatic heterocycles. The van der Waals surface area contributed by atoms with Crippen LogP contribution in [0, 0.1) is 5.92 Å². The Kier molecular flexibility index (Phi) is 7.94. The number of nitrogens with one attached hydrogen (secondary N) is 1. The number of hydrogen-bond acceptors (Lipinski definition) is 4. The summed E-state index contributed by atoms with van der Waals surface area (Å²) in [4.78, 5) is 31.8. The fraction of sp³-hybridized carbons (Fsp3) is 0.905. The largest absolute Gasteiger partial charge is 0.353 e. The van der Waals surface area contributed by atoms with E-state index in [1.807, 2.05) is 11.8 Å². The van der Waals surface area contributed by atoms with Gasteiger partial charge in [-0.3, -0.25) is 14.5 Å². The third-order valence-corrected chi connectivity index (χ3v) is 6.65. The van der Waals surface area contributed by atoms with E-state index >= 15 is 0 Å². The molecule has 0 unspecified atom stereocenters. The molecule has 0 aromatic heterocycles. The van der Waals surface area contributed by atoms with Crippen molar-refractivity contribution in [2.45, 2.75) is 64.3 Å². The standard InChI is InChI=1S/C21H38N4O2/c1-2-19(26)24-14-16-25(17-15-24)20(18-8-4-5-9-18)21(27)22-10-13-23-11-6-3-7-12-23/h18,20H,2-17H2,1H3,(H,22,27)/t20-/m1/s1. The van der Waals surface area contributed by atoms with Gasteiger partial charge >= 0.3 is 0 Å². The number of carbonyl (C=O) groups is 2. The molecule has 0 spiro atoms. The van der Waals surface area contributed by atoms with E-state index in [0.29, 0.717) is 12.3 Å². The van der Waals surface area contributed by atoms with Crippen LogP contribution in [-0.4, -0.2) is 84.9 Å². The molecule has 154 valence electrons. The fourth-order valence-electron chi connectivity index (χ4n) is 5.05. The van der Waals surface area contributed by atoms with Gasteiger partial charge in [0.15, 0.2) is 0 Å². The maximum absolute atomic E-state index is 13.1.